The first kappa shape index (κ1) is 13.8. The van der Waals surface area contributed by atoms with Gasteiger partial charge in [-0.05, 0) is 23.8 Å². The monoisotopic (exact) mass is 327 g/mol. The van der Waals surface area contributed by atoms with Crippen molar-refractivity contribution in [2.45, 2.75) is 12.5 Å². The van der Waals surface area contributed by atoms with Crippen molar-refractivity contribution in [1.29, 1.82) is 5.26 Å². The number of halogens is 2. The van der Waals surface area contributed by atoms with Crippen molar-refractivity contribution in [3.8, 4) is 6.07 Å². The van der Waals surface area contributed by atoms with Crippen LogP contribution < -0.4 is 5.32 Å². The van der Waals surface area contributed by atoms with Crippen molar-refractivity contribution in [3.63, 3.8) is 0 Å². The molecule has 0 bridgehead atoms. The quantitative estimate of drug-likeness (QED) is 0.927. The highest BCUT2D eigenvalue weighted by atomic mass is 79.9. The van der Waals surface area contributed by atoms with Crippen LogP contribution in [0.1, 0.15) is 18.0 Å². The summed E-state index contributed by atoms with van der Waals surface area (Å²) in [5, 5.41) is 13.1. The predicted molar refractivity (Wildman–Crippen MR) is 76.6 cm³/mol. The maximum absolute atomic E-state index is 9.04. The second-order valence-corrected chi connectivity index (χ2v) is 5.65. The van der Waals surface area contributed by atoms with Crippen LogP contribution in [0.3, 0.4) is 0 Å². The van der Waals surface area contributed by atoms with E-state index < -0.39 is 0 Å². The number of hydrogen-bond donors (Lipinski definition) is 1. The molecule has 1 aliphatic heterocycles. The minimum absolute atomic E-state index is 0.0853. The predicted octanol–water partition coefficient (Wildman–Crippen LogP) is 2.96. The first-order valence-corrected chi connectivity index (χ1v) is 7.16. The summed E-state index contributed by atoms with van der Waals surface area (Å²) in [4.78, 5) is 2.33. The number of piperazine rings is 1. The minimum Gasteiger partial charge on any atom is -0.314 e. The third-order valence-electron chi connectivity index (χ3n) is 3.19. The molecule has 1 heterocycles. The SMILES string of the molecule is N#CC[C@H](c1cc(Br)ccc1Cl)N1CCNCC1. The van der Waals surface area contributed by atoms with Gasteiger partial charge in [-0.1, -0.05) is 27.5 Å². The Morgan fingerprint density at radius 3 is 2.83 bits per heavy atom. The summed E-state index contributed by atoms with van der Waals surface area (Å²) < 4.78 is 1.000. The van der Waals surface area contributed by atoms with Crippen LogP contribution in [-0.2, 0) is 0 Å². The fourth-order valence-corrected chi connectivity index (χ4v) is 2.91. The molecule has 1 fully saturated rings. The number of hydrogen-bond acceptors (Lipinski definition) is 3. The van der Waals surface area contributed by atoms with Crippen molar-refractivity contribution in [2.75, 3.05) is 26.2 Å². The highest BCUT2D eigenvalue weighted by Gasteiger charge is 2.23. The summed E-state index contributed by atoms with van der Waals surface area (Å²) in [5.41, 5.74) is 1.04. The number of nitriles is 1. The molecule has 1 aliphatic rings. The van der Waals surface area contributed by atoms with E-state index in [0.29, 0.717) is 6.42 Å². The molecule has 2 rings (SSSR count). The Morgan fingerprint density at radius 1 is 1.44 bits per heavy atom. The van der Waals surface area contributed by atoms with Gasteiger partial charge < -0.3 is 5.32 Å². The lowest BCUT2D eigenvalue weighted by atomic mass is 10.0. The molecule has 1 saturated heterocycles. The second kappa shape index (κ2) is 6.53. The number of rotatable bonds is 3. The minimum atomic E-state index is 0.0853. The van der Waals surface area contributed by atoms with Gasteiger partial charge >= 0.3 is 0 Å². The van der Waals surface area contributed by atoms with Gasteiger partial charge in [0.05, 0.1) is 12.5 Å². The zero-order chi connectivity index (χ0) is 13.0. The van der Waals surface area contributed by atoms with E-state index in [-0.39, 0.29) is 6.04 Å². The largest absolute Gasteiger partial charge is 0.314 e. The molecule has 1 atom stereocenters. The van der Waals surface area contributed by atoms with E-state index in [0.717, 1.165) is 41.2 Å². The Morgan fingerprint density at radius 2 is 2.17 bits per heavy atom. The molecule has 1 aromatic rings. The molecule has 1 aromatic carbocycles. The van der Waals surface area contributed by atoms with Gasteiger partial charge in [-0.15, -0.1) is 0 Å². The van der Waals surface area contributed by atoms with Crippen molar-refractivity contribution in [1.82, 2.24) is 10.2 Å². The van der Waals surface area contributed by atoms with Crippen LogP contribution in [0.15, 0.2) is 22.7 Å². The molecule has 0 aromatic heterocycles. The van der Waals surface area contributed by atoms with E-state index in [1.54, 1.807) is 0 Å². The lowest BCUT2D eigenvalue weighted by molar-refractivity contribution is 0.175. The third kappa shape index (κ3) is 3.24. The molecular weight excluding hydrogens is 314 g/mol. The summed E-state index contributed by atoms with van der Waals surface area (Å²) in [5.74, 6) is 0. The second-order valence-electron chi connectivity index (χ2n) is 4.33. The lowest BCUT2D eigenvalue weighted by Crippen LogP contribution is -2.45. The molecule has 3 nitrogen and oxygen atoms in total. The van der Waals surface area contributed by atoms with Gasteiger partial charge in [0, 0.05) is 41.7 Å². The molecule has 1 N–H and O–H groups in total. The summed E-state index contributed by atoms with van der Waals surface area (Å²) >= 11 is 9.74. The number of nitrogens with one attached hydrogen (secondary N) is 1. The van der Waals surface area contributed by atoms with Gasteiger partial charge in [-0.2, -0.15) is 5.26 Å². The zero-order valence-electron chi connectivity index (χ0n) is 10.00. The third-order valence-corrected chi connectivity index (χ3v) is 4.03. The number of benzene rings is 1. The molecule has 0 saturated carbocycles. The Bertz CT molecular complexity index is 452. The Labute approximate surface area is 121 Å². The first-order chi connectivity index (χ1) is 8.72. The first-order valence-electron chi connectivity index (χ1n) is 5.99. The maximum atomic E-state index is 9.04. The van der Waals surface area contributed by atoms with E-state index in [1.807, 2.05) is 18.2 Å². The molecule has 0 amide bonds. The smallest absolute Gasteiger partial charge is 0.0641 e. The van der Waals surface area contributed by atoms with Gasteiger partial charge in [0.2, 0.25) is 0 Å². The molecule has 0 unspecified atom stereocenters. The van der Waals surface area contributed by atoms with Gasteiger partial charge in [-0.25, -0.2) is 0 Å². The molecule has 96 valence electrons. The van der Waals surface area contributed by atoms with Crippen molar-refractivity contribution < 1.29 is 0 Å². The lowest BCUT2D eigenvalue weighted by Gasteiger charge is -2.34. The highest BCUT2D eigenvalue weighted by molar-refractivity contribution is 9.10. The zero-order valence-corrected chi connectivity index (χ0v) is 12.3. The summed E-state index contributed by atoms with van der Waals surface area (Å²) in [6.07, 6.45) is 0.468. The standard InChI is InChI=1S/C13H15BrClN3/c14-10-1-2-12(15)11(9-10)13(3-4-16)18-7-5-17-6-8-18/h1-2,9,13,17H,3,5-8H2/t13-/m1/s1. The molecule has 5 heteroatoms. The van der Waals surface area contributed by atoms with E-state index in [4.69, 9.17) is 16.9 Å². The van der Waals surface area contributed by atoms with Crippen LogP contribution in [0.25, 0.3) is 0 Å². The molecule has 18 heavy (non-hydrogen) atoms. The van der Waals surface area contributed by atoms with Crippen LogP contribution in [0.5, 0.6) is 0 Å². The van der Waals surface area contributed by atoms with E-state index in [2.05, 4.69) is 32.2 Å². The van der Waals surface area contributed by atoms with Gasteiger partial charge in [0.15, 0.2) is 0 Å². The fraction of sp³-hybridized carbons (Fsp3) is 0.462. The Kier molecular flexibility index (Phi) is 5.02. The van der Waals surface area contributed by atoms with Crippen LogP contribution >= 0.6 is 27.5 Å². The normalized spacial score (nSPS) is 18.3. The molecule has 0 aliphatic carbocycles. The van der Waals surface area contributed by atoms with E-state index >= 15 is 0 Å². The van der Waals surface area contributed by atoms with Crippen LogP contribution in [0, 0.1) is 11.3 Å². The van der Waals surface area contributed by atoms with Crippen LogP contribution in [0.2, 0.25) is 5.02 Å². The van der Waals surface area contributed by atoms with E-state index in [9.17, 15) is 0 Å². The van der Waals surface area contributed by atoms with Gasteiger partial charge in [0.1, 0.15) is 0 Å². The van der Waals surface area contributed by atoms with Crippen molar-refractivity contribution >= 4 is 27.5 Å². The van der Waals surface area contributed by atoms with Crippen LogP contribution in [-0.4, -0.2) is 31.1 Å². The molecule has 0 radical (unpaired) electrons. The number of nitrogens with zero attached hydrogens (tertiary/aromatic N) is 2. The van der Waals surface area contributed by atoms with E-state index in [1.165, 1.54) is 0 Å². The molecule has 0 spiro atoms. The topological polar surface area (TPSA) is 39.1 Å². The summed E-state index contributed by atoms with van der Waals surface area (Å²) in [6, 6.07) is 8.19. The van der Waals surface area contributed by atoms with Crippen molar-refractivity contribution in [3.05, 3.63) is 33.3 Å². The Balaban J connectivity index is 2.28. The summed E-state index contributed by atoms with van der Waals surface area (Å²) in [6.45, 7) is 3.84. The average Bonchev–Trinajstić information content (AvgIpc) is 2.40. The van der Waals surface area contributed by atoms with Gasteiger partial charge in [0.25, 0.3) is 0 Å². The summed E-state index contributed by atoms with van der Waals surface area (Å²) in [7, 11) is 0. The van der Waals surface area contributed by atoms with Crippen molar-refractivity contribution in [2.24, 2.45) is 0 Å². The fourth-order valence-electron chi connectivity index (χ4n) is 2.29. The molecular formula is C13H15BrClN3. The highest BCUT2D eigenvalue weighted by Crippen LogP contribution is 2.32. The van der Waals surface area contributed by atoms with Gasteiger partial charge in [-0.3, -0.25) is 4.90 Å². The van der Waals surface area contributed by atoms with Crippen LogP contribution in [0.4, 0.5) is 0 Å². The Hall–Kier alpha value is -0.600. The maximum Gasteiger partial charge on any atom is 0.0641 e. The average molecular weight is 329 g/mol.